The molecule has 0 bridgehead atoms. The standard InChI is InChI=1S/C17H24ClNO2/c1-12(20)17(13-3-5-14(18)6-4-13)11-19-15-7-9-16(21-2)10-8-15/h3-6,15-17,19H,7-11H2,1-2H3/t15?,16?,17-/m0/s1. The molecule has 1 fully saturated rings. The van der Waals surface area contributed by atoms with Crippen molar-refractivity contribution in [2.45, 2.75) is 50.7 Å². The van der Waals surface area contributed by atoms with E-state index < -0.39 is 0 Å². The van der Waals surface area contributed by atoms with Crippen molar-refractivity contribution in [3.63, 3.8) is 0 Å². The van der Waals surface area contributed by atoms with Crippen LogP contribution >= 0.6 is 11.6 Å². The Morgan fingerprint density at radius 2 is 1.90 bits per heavy atom. The molecule has 0 heterocycles. The third-order valence-electron chi connectivity index (χ3n) is 4.38. The second kappa shape index (κ2) is 7.92. The van der Waals surface area contributed by atoms with Gasteiger partial charge < -0.3 is 10.1 Å². The predicted octanol–water partition coefficient (Wildman–Crippen LogP) is 3.56. The van der Waals surface area contributed by atoms with Gasteiger partial charge in [-0.15, -0.1) is 0 Å². The lowest BCUT2D eigenvalue weighted by Crippen LogP contribution is -2.38. The minimum Gasteiger partial charge on any atom is -0.381 e. The highest BCUT2D eigenvalue weighted by atomic mass is 35.5. The largest absolute Gasteiger partial charge is 0.381 e. The molecule has 0 aliphatic heterocycles. The Bertz CT molecular complexity index is 452. The molecule has 1 aliphatic carbocycles. The fourth-order valence-corrected chi connectivity index (χ4v) is 3.10. The molecular formula is C17H24ClNO2. The Labute approximate surface area is 132 Å². The fourth-order valence-electron chi connectivity index (χ4n) is 2.98. The Morgan fingerprint density at radius 3 is 2.43 bits per heavy atom. The molecule has 0 spiro atoms. The normalized spacial score (nSPS) is 23.8. The van der Waals surface area contributed by atoms with E-state index in [1.807, 2.05) is 24.3 Å². The number of ether oxygens (including phenoxy) is 1. The minimum atomic E-state index is -0.0950. The van der Waals surface area contributed by atoms with E-state index in [0.29, 0.717) is 23.7 Å². The van der Waals surface area contributed by atoms with E-state index in [0.717, 1.165) is 31.2 Å². The maximum absolute atomic E-state index is 11.9. The van der Waals surface area contributed by atoms with Crippen LogP contribution in [0.1, 0.15) is 44.1 Å². The quantitative estimate of drug-likeness (QED) is 0.873. The first-order valence-electron chi connectivity index (χ1n) is 7.62. The number of nitrogens with one attached hydrogen (secondary N) is 1. The summed E-state index contributed by atoms with van der Waals surface area (Å²) in [4.78, 5) is 11.9. The van der Waals surface area contributed by atoms with Gasteiger partial charge in [0.15, 0.2) is 0 Å². The van der Waals surface area contributed by atoms with Crippen molar-refractivity contribution < 1.29 is 9.53 Å². The highest BCUT2D eigenvalue weighted by Gasteiger charge is 2.23. The van der Waals surface area contributed by atoms with Crippen molar-refractivity contribution in [3.05, 3.63) is 34.9 Å². The van der Waals surface area contributed by atoms with Crippen molar-refractivity contribution in [2.75, 3.05) is 13.7 Å². The number of benzene rings is 1. The van der Waals surface area contributed by atoms with Crippen LogP contribution in [0.2, 0.25) is 5.02 Å². The van der Waals surface area contributed by atoms with Crippen LogP contribution in [0.3, 0.4) is 0 Å². The smallest absolute Gasteiger partial charge is 0.138 e. The second-order valence-electron chi connectivity index (χ2n) is 5.83. The molecule has 1 saturated carbocycles. The first kappa shape index (κ1) is 16.5. The summed E-state index contributed by atoms with van der Waals surface area (Å²) in [6.45, 7) is 2.35. The summed E-state index contributed by atoms with van der Waals surface area (Å²) in [6.07, 6.45) is 4.83. The summed E-state index contributed by atoms with van der Waals surface area (Å²) in [6, 6.07) is 8.06. The molecule has 2 rings (SSSR count). The monoisotopic (exact) mass is 309 g/mol. The van der Waals surface area contributed by atoms with Crippen LogP contribution in [0, 0.1) is 0 Å². The Morgan fingerprint density at radius 1 is 1.29 bits per heavy atom. The van der Waals surface area contributed by atoms with E-state index in [4.69, 9.17) is 16.3 Å². The number of carbonyl (C=O) groups is 1. The molecule has 0 unspecified atom stereocenters. The number of hydrogen-bond donors (Lipinski definition) is 1. The fraction of sp³-hybridized carbons (Fsp3) is 0.588. The lowest BCUT2D eigenvalue weighted by atomic mass is 9.91. The van der Waals surface area contributed by atoms with Gasteiger partial charge in [-0.05, 0) is 50.3 Å². The molecule has 0 saturated heterocycles. The molecule has 4 heteroatoms. The summed E-state index contributed by atoms with van der Waals surface area (Å²) in [5.41, 5.74) is 1.03. The predicted molar refractivity (Wildman–Crippen MR) is 85.9 cm³/mol. The third-order valence-corrected chi connectivity index (χ3v) is 4.63. The summed E-state index contributed by atoms with van der Waals surface area (Å²) < 4.78 is 5.39. The average molecular weight is 310 g/mol. The van der Waals surface area contributed by atoms with Gasteiger partial charge in [0.05, 0.1) is 12.0 Å². The van der Waals surface area contributed by atoms with Crippen molar-refractivity contribution in [1.82, 2.24) is 5.32 Å². The van der Waals surface area contributed by atoms with Crippen LogP contribution in [-0.2, 0) is 9.53 Å². The summed E-state index contributed by atoms with van der Waals surface area (Å²) in [5.74, 6) is 0.0952. The van der Waals surface area contributed by atoms with Crippen molar-refractivity contribution in [1.29, 1.82) is 0 Å². The number of methoxy groups -OCH3 is 1. The van der Waals surface area contributed by atoms with Gasteiger partial charge in [-0.2, -0.15) is 0 Å². The molecule has 3 nitrogen and oxygen atoms in total. The molecule has 1 aromatic rings. The van der Waals surface area contributed by atoms with Crippen molar-refractivity contribution >= 4 is 17.4 Å². The first-order valence-corrected chi connectivity index (χ1v) is 8.00. The summed E-state index contributed by atoms with van der Waals surface area (Å²) in [7, 11) is 1.78. The van der Waals surface area contributed by atoms with E-state index in [2.05, 4.69) is 5.32 Å². The first-order chi connectivity index (χ1) is 10.1. The number of ketones is 1. The van der Waals surface area contributed by atoms with Gasteiger partial charge in [0.25, 0.3) is 0 Å². The SMILES string of the molecule is COC1CCC(NC[C@@H](C(C)=O)c2ccc(Cl)cc2)CC1. The lowest BCUT2D eigenvalue weighted by molar-refractivity contribution is -0.118. The molecule has 0 radical (unpaired) electrons. The van der Waals surface area contributed by atoms with Crippen LogP contribution in [0.15, 0.2) is 24.3 Å². The van der Waals surface area contributed by atoms with Gasteiger partial charge in [-0.25, -0.2) is 0 Å². The molecule has 1 N–H and O–H groups in total. The van der Waals surface area contributed by atoms with E-state index in [9.17, 15) is 4.79 Å². The minimum absolute atomic E-state index is 0.0950. The highest BCUT2D eigenvalue weighted by Crippen LogP contribution is 2.23. The Hall–Kier alpha value is -0.900. The Kier molecular flexibility index (Phi) is 6.22. The molecule has 116 valence electrons. The van der Waals surface area contributed by atoms with Crippen LogP contribution in [-0.4, -0.2) is 31.6 Å². The summed E-state index contributed by atoms with van der Waals surface area (Å²) in [5, 5.41) is 4.25. The highest BCUT2D eigenvalue weighted by molar-refractivity contribution is 6.30. The number of hydrogen-bond acceptors (Lipinski definition) is 3. The molecule has 21 heavy (non-hydrogen) atoms. The Balaban J connectivity index is 1.89. The van der Waals surface area contributed by atoms with E-state index >= 15 is 0 Å². The van der Waals surface area contributed by atoms with E-state index in [-0.39, 0.29) is 11.7 Å². The number of halogens is 1. The molecule has 0 amide bonds. The molecule has 0 aromatic heterocycles. The van der Waals surface area contributed by atoms with Crippen LogP contribution in [0.4, 0.5) is 0 Å². The zero-order chi connectivity index (χ0) is 15.2. The zero-order valence-corrected chi connectivity index (χ0v) is 13.5. The van der Waals surface area contributed by atoms with E-state index in [1.165, 1.54) is 0 Å². The van der Waals surface area contributed by atoms with Gasteiger partial charge in [-0.3, -0.25) is 4.79 Å². The number of carbonyl (C=O) groups excluding carboxylic acids is 1. The van der Waals surface area contributed by atoms with Gasteiger partial charge in [0.1, 0.15) is 5.78 Å². The van der Waals surface area contributed by atoms with Crippen molar-refractivity contribution in [3.8, 4) is 0 Å². The van der Waals surface area contributed by atoms with Crippen molar-refractivity contribution in [2.24, 2.45) is 0 Å². The molecular weight excluding hydrogens is 286 g/mol. The maximum Gasteiger partial charge on any atom is 0.138 e. The van der Waals surface area contributed by atoms with Gasteiger partial charge in [-0.1, -0.05) is 23.7 Å². The van der Waals surface area contributed by atoms with E-state index in [1.54, 1.807) is 14.0 Å². The molecule has 1 aromatic carbocycles. The van der Waals surface area contributed by atoms with Crippen LogP contribution in [0.5, 0.6) is 0 Å². The van der Waals surface area contributed by atoms with Crippen LogP contribution < -0.4 is 5.32 Å². The molecule has 1 aliphatic rings. The molecule has 1 atom stereocenters. The van der Waals surface area contributed by atoms with Gasteiger partial charge >= 0.3 is 0 Å². The van der Waals surface area contributed by atoms with Crippen LogP contribution in [0.25, 0.3) is 0 Å². The average Bonchev–Trinajstić information content (AvgIpc) is 2.49. The maximum atomic E-state index is 11.9. The number of rotatable bonds is 6. The van der Waals surface area contributed by atoms with Gasteiger partial charge in [0, 0.05) is 24.7 Å². The summed E-state index contributed by atoms with van der Waals surface area (Å²) >= 11 is 5.91. The number of Topliss-reactive ketones (excluding diaryl/α,β-unsaturated/α-hetero) is 1. The second-order valence-corrected chi connectivity index (χ2v) is 6.27. The zero-order valence-electron chi connectivity index (χ0n) is 12.8. The third kappa shape index (κ3) is 4.80. The lowest BCUT2D eigenvalue weighted by Gasteiger charge is -2.29. The van der Waals surface area contributed by atoms with Gasteiger partial charge in [0.2, 0.25) is 0 Å². The topological polar surface area (TPSA) is 38.3 Å².